The van der Waals surface area contributed by atoms with Crippen molar-refractivity contribution in [1.29, 1.82) is 0 Å². The van der Waals surface area contributed by atoms with Crippen LogP contribution in [0.1, 0.15) is 17.0 Å². The number of nitrogens with one attached hydrogen (secondary N) is 1. The maximum atomic E-state index is 13.1. The van der Waals surface area contributed by atoms with E-state index in [9.17, 15) is 28.1 Å². The molecule has 0 aliphatic rings. The van der Waals surface area contributed by atoms with E-state index in [4.69, 9.17) is 16.3 Å². The van der Waals surface area contributed by atoms with Gasteiger partial charge in [0.2, 0.25) is 5.91 Å². The zero-order valence-electron chi connectivity index (χ0n) is 16.7. The Labute approximate surface area is 184 Å². The lowest BCUT2D eigenvalue weighted by Gasteiger charge is -2.12. The summed E-state index contributed by atoms with van der Waals surface area (Å²) in [6.07, 6.45) is -4.69. The van der Waals surface area contributed by atoms with Crippen LogP contribution in [0.15, 0.2) is 42.5 Å². The van der Waals surface area contributed by atoms with Gasteiger partial charge in [-0.25, -0.2) is 0 Å². The fourth-order valence-electron chi connectivity index (χ4n) is 2.87. The number of hydrogen-bond acceptors (Lipinski definition) is 5. The maximum absolute atomic E-state index is 13.1. The first-order valence-corrected chi connectivity index (χ1v) is 9.45. The van der Waals surface area contributed by atoms with Crippen molar-refractivity contribution in [2.24, 2.45) is 0 Å². The molecule has 1 aromatic heterocycles. The Kier molecular flexibility index (Phi) is 6.40. The number of benzene rings is 2. The van der Waals surface area contributed by atoms with Crippen LogP contribution in [0, 0.1) is 24.0 Å². The average Bonchev–Trinajstić information content (AvgIpc) is 3.05. The second-order valence-electron chi connectivity index (χ2n) is 6.86. The SMILES string of the molecule is Cc1cc(C(F)(F)F)n(CC(=O)Nc2cc(Oc3ccc(Cl)c(C)c3)cc([N+](=O)[O-])c2)n1. The molecule has 0 spiro atoms. The molecule has 1 amide bonds. The first kappa shape index (κ1) is 23.1. The molecule has 0 atom stereocenters. The topological polar surface area (TPSA) is 99.3 Å². The summed E-state index contributed by atoms with van der Waals surface area (Å²) in [6, 6.07) is 9.13. The molecule has 32 heavy (non-hydrogen) atoms. The molecule has 0 fully saturated rings. The number of carbonyl (C=O) groups excluding carboxylic acids is 1. The van der Waals surface area contributed by atoms with Crippen molar-refractivity contribution in [2.45, 2.75) is 26.6 Å². The minimum Gasteiger partial charge on any atom is -0.457 e. The summed E-state index contributed by atoms with van der Waals surface area (Å²) in [6.45, 7) is 2.38. The van der Waals surface area contributed by atoms with E-state index in [1.165, 1.54) is 13.0 Å². The van der Waals surface area contributed by atoms with Crippen LogP contribution in [0.5, 0.6) is 11.5 Å². The van der Waals surface area contributed by atoms with Crippen LogP contribution in [0.3, 0.4) is 0 Å². The Morgan fingerprint density at radius 2 is 1.91 bits per heavy atom. The summed E-state index contributed by atoms with van der Waals surface area (Å²) >= 11 is 5.97. The molecule has 1 N–H and O–H groups in total. The standard InChI is InChI=1S/C20H16ClF3N4O4/c1-11-5-15(3-4-17(11)21)32-16-8-13(7-14(9-16)28(30)31)25-19(29)10-27-18(20(22,23)24)6-12(2)26-27/h3-9H,10H2,1-2H3,(H,25,29). The Balaban J connectivity index is 1.84. The number of nitro groups is 1. The molecule has 8 nitrogen and oxygen atoms in total. The second-order valence-corrected chi connectivity index (χ2v) is 7.27. The van der Waals surface area contributed by atoms with Crippen LogP contribution in [-0.4, -0.2) is 20.6 Å². The molecule has 12 heteroatoms. The van der Waals surface area contributed by atoms with Gasteiger partial charge in [-0.15, -0.1) is 0 Å². The Hall–Kier alpha value is -3.60. The van der Waals surface area contributed by atoms with Gasteiger partial charge in [0, 0.05) is 17.2 Å². The molecule has 0 bridgehead atoms. The Morgan fingerprint density at radius 1 is 1.19 bits per heavy atom. The molecule has 3 rings (SSSR count). The van der Waals surface area contributed by atoms with Gasteiger partial charge < -0.3 is 10.1 Å². The fraction of sp³-hybridized carbons (Fsp3) is 0.200. The van der Waals surface area contributed by atoms with E-state index in [2.05, 4.69) is 10.4 Å². The summed E-state index contributed by atoms with van der Waals surface area (Å²) in [5, 5.41) is 17.8. The lowest BCUT2D eigenvalue weighted by Crippen LogP contribution is -2.23. The number of aryl methyl sites for hydroxylation is 2. The van der Waals surface area contributed by atoms with Gasteiger partial charge in [0.25, 0.3) is 5.69 Å². The highest BCUT2D eigenvalue weighted by atomic mass is 35.5. The number of alkyl halides is 3. The zero-order valence-corrected chi connectivity index (χ0v) is 17.5. The monoisotopic (exact) mass is 468 g/mol. The predicted molar refractivity (Wildman–Crippen MR) is 110 cm³/mol. The molecule has 2 aromatic carbocycles. The molecular formula is C20H16ClF3N4O4. The van der Waals surface area contributed by atoms with E-state index in [-0.39, 0.29) is 22.8 Å². The highest BCUT2D eigenvalue weighted by Gasteiger charge is 2.35. The average molecular weight is 469 g/mol. The number of carbonyl (C=O) groups is 1. The van der Waals surface area contributed by atoms with Crippen molar-refractivity contribution in [1.82, 2.24) is 9.78 Å². The van der Waals surface area contributed by atoms with Gasteiger partial charge in [0.1, 0.15) is 23.7 Å². The third-order valence-electron chi connectivity index (χ3n) is 4.24. The number of ether oxygens (including phenoxy) is 1. The number of aromatic nitrogens is 2. The van der Waals surface area contributed by atoms with E-state index in [0.717, 1.165) is 23.8 Å². The minimum atomic E-state index is -4.69. The summed E-state index contributed by atoms with van der Waals surface area (Å²) in [4.78, 5) is 22.9. The Bertz CT molecular complexity index is 1190. The highest BCUT2D eigenvalue weighted by Crippen LogP contribution is 2.32. The molecule has 1 heterocycles. The van der Waals surface area contributed by atoms with Crippen molar-refractivity contribution in [2.75, 3.05) is 5.32 Å². The maximum Gasteiger partial charge on any atom is 0.433 e. The van der Waals surface area contributed by atoms with Gasteiger partial charge >= 0.3 is 6.18 Å². The van der Waals surface area contributed by atoms with Crippen molar-refractivity contribution in [3.63, 3.8) is 0 Å². The molecule has 0 aliphatic carbocycles. The summed E-state index contributed by atoms with van der Waals surface area (Å²) in [7, 11) is 0. The number of halogens is 4. The molecular weight excluding hydrogens is 453 g/mol. The van der Waals surface area contributed by atoms with Crippen LogP contribution in [0.25, 0.3) is 0 Å². The van der Waals surface area contributed by atoms with Crippen LogP contribution < -0.4 is 10.1 Å². The Morgan fingerprint density at radius 3 is 2.53 bits per heavy atom. The third kappa shape index (κ3) is 5.55. The normalized spacial score (nSPS) is 11.3. The van der Waals surface area contributed by atoms with Gasteiger partial charge in [-0.05, 0) is 43.7 Å². The minimum absolute atomic E-state index is 0.0256. The van der Waals surface area contributed by atoms with Gasteiger partial charge in [-0.2, -0.15) is 18.3 Å². The van der Waals surface area contributed by atoms with Gasteiger partial charge in [-0.3, -0.25) is 19.6 Å². The van der Waals surface area contributed by atoms with Crippen molar-refractivity contribution in [3.8, 4) is 11.5 Å². The van der Waals surface area contributed by atoms with Crippen LogP contribution in [0.2, 0.25) is 5.02 Å². The molecule has 0 unspecified atom stereocenters. The van der Waals surface area contributed by atoms with E-state index < -0.39 is 29.2 Å². The summed E-state index contributed by atoms with van der Waals surface area (Å²) < 4.78 is 45.5. The number of non-ortho nitro benzene ring substituents is 1. The largest absolute Gasteiger partial charge is 0.457 e. The van der Waals surface area contributed by atoms with E-state index >= 15 is 0 Å². The molecule has 0 aliphatic heterocycles. The number of hydrogen-bond donors (Lipinski definition) is 1. The molecule has 0 saturated heterocycles. The smallest absolute Gasteiger partial charge is 0.433 e. The summed E-state index contributed by atoms with van der Waals surface area (Å²) in [5.74, 6) is -0.457. The van der Waals surface area contributed by atoms with Crippen LogP contribution in [0.4, 0.5) is 24.5 Å². The predicted octanol–water partition coefficient (Wildman–Crippen LogP) is 5.51. The number of rotatable bonds is 6. The molecule has 0 radical (unpaired) electrons. The second kappa shape index (κ2) is 8.87. The quantitative estimate of drug-likeness (QED) is 0.380. The van der Waals surface area contributed by atoms with E-state index in [0.29, 0.717) is 15.5 Å². The number of nitro benzene ring substituents is 1. The molecule has 0 saturated carbocycles. The first-order valence-electron chi connectivity index (χ1n) is 9.07. The zero-order chi connectivity index (χ0) is 23.6. The number of nitrogens with zero attached hydrogens (tertiary/aromatic N) is 3. The lowest BCUT2D eigenvalue weighted by atomic mass is 10.2. The number of anilines is 1. The number of amides is 1. The van der Waals surface area contributed by atoms with Gasteiger partial charge in [0.15, 0.2) is 0 Å². The third-order valence-corrected chi connectivity index (χ3v) is 4.66. The van der Waals surface area contributed by atoms with E-state index in [1.54, 1.807) is 25.1 Å². The van der Waals surface area contributed by atoms with Gasteiger partial charge in [0.05, 0.1) is 22.4 Å². The van der Waals surface area contributed by atoms with Crippen molar-refractivity contribution in [3.05, 3.63) is 74.6 Å². The summed E-state index contributed by atoms with van der Waals surface area (Å²) in [5.41, 5.74) is -0.671. The van der Waals surface area contributed by atoms with E-state index in [1.807, 2.05) is 0 Å². The van der Waals surface area contributed by atoms with Crippen LogP contribution in [-0.2, 0) is 17.5 Å². The fourth-order valence-corrected chi connectivity index (χ4v) is 2.98. The highest BCUT2D eigenvalue weighted by molar-refractivity contribution is 6.31. The lowest BCUT2D eigenvalue weighted by molar-refractivity contribution is -0.384. The van der Waals surface area contributed by atoms with Crippen molar-refractivity contribution >= 4 is 28.9 Å². The molecule has 168 valence electrons. The molecule has 3 aromatic rings. The van der Waals surface area contributed by atoms with Crippen LogP contribution >= 0.6 is 11.6 Å². The van der Waals surface area contributed by atoms with Gasteiger partial charge in [-0.1, -0.05) is 11.6 Å². The first-order chi connectivity index (χ1) is 14.9. The van der Waals surface area contributed by atoms with Crippen molar-refractivity contribution < 1.29 is 27.6 Å².